The second-order valence-corrected chi connectivity index (χ2v) is 14.2. The third-order valence-electron chi connectivity index (χ3n) is 9.64. The Hall–Kier alpha value is -5.05. The van der Waals surface area contributed by atoms with Crippen molar-refractivity contribution in [2.75, 3.05) is 4.90 Å². The Labute approximate surface area is 290 Å². The molecule has 1 aliphatic carbocycles. The van der Waals surface area contributed by atoms with E-state index >= 15 is 0 Å². The Morgan fingerprint density at radius 1 is 0.688 bits per heavy atom. The van der Waals surface area contributed by atoms with E-state index in [2.05, 4.69) is 186 Å². The molecule has 6 aromatic carbocycles. The molecule has 0 saturated heterocycles. The molecule has 0 spiro atoms. The number of rotatable bonds is 8. The van der Waals surface area contributed by atoms with Crippen molar-refractivity contribution in [2.24, 2.45) is 0 Å². The number of aryl methyl sites for hydroxylation is 2. The molecule has 0 unspecified atom stereocenters. The molecule has 2 heteroatoms. The first kappa shape index (κ1) is 31.5. The highest BCUT2D eigenvalue weighted by atomic mass is 32.2. The van der Waals surface area contributed by atoms with Crippen molar-refractivity contribution in [1.29, 1.82) is 0 Å². The molecular weight excluding hydrogens is 599 g/mol. The minimum absolute atomic E-state index is 0.0841. The maximum absolute atomic E-state index is 4.02. The number of fused-ring (bicyclic) bond motifs is 4. The van der Waals surface area contributed by atoms with Crippen LogP contribution in [0.5, 0.6) is 0 Å². The van der Waals surface area contributed by atoms with Gasteiger partial charge in [-0.3, -0.25) is 0 Å². The van der Waals surface area contributed by atoms with E-state index in [1.165, 1.54) is 65.1 Å². The molecule has 48 heavy (non-hydrogen) atoms. The van der Waals surface area contributed by atoms with E-state index in [1.54, 1.807) is 0 Å². The first-order valence-electron chi connectivity index (χ1n) is 16.7. The molecule has 236 valence electrons. The van der Waals surface area contributed by atoms with Gasteiger partial charge in [0.1, 0.15) is 0 Å². The van der Waals surface area contributed by atoms with Gasteiger partial charge in [-0.15, -0.1) is 0 Å². The molecule has 0 N–H and O–H groups in total. The van der Waals surface area contributed by atoms with Crippen LogP contribution in [0.25, 0.3) is 33.0 Å². The van der Waals surface area contributed by atoms with Crippen LogP contribution in [-0.4, -0.2) is 0 Å². The highest BCUT2D eigenvalue weighted by Crippen LogP contribution is 2.52. The second kappa shape index (κ2) is 12.9. The molecule has 0 aliphatic heterocycles. The molecule has 0 heterocycles. The van der Waals surface area contributed by atoms with Crippen LogP contribution in [-0.2, 0) is 5.41 Å². The topological polar surface area (TPSA) is 3.24 Å². The van der Waals surface area contributed by atoms with E-state index in [0.717, 1.165) is 17.1 Å². The minimum Gasteiger partial charge on any atom is -0.310 e. The quantitative estimate of drug-likeness (QED) is 0.152. The maximum atomic E-state index is 4.02. The number of benzene rings is 6. The molecule has 7 rings (SSSR count). The van der Waals surface area contributed by atoms with Gasteiger partial charge in [0.15, 0.2) is 0 Å². The van der Waals surface area contributed by atoms with Crippen molar-refractivity contribution in [3.05, 3.63) is 180 Å². The Balaban J connectivity index is 1.26. The number of hydrogen-bond acceptors (Lipinski definition) is 2. The minimum atomic E-state index is -0.0841. The molecule has 1 aliphatic rings. The summed E-state index contributed by atoms with van der Waals surface area (Å²) in [6.07, 6.45) is 8.16. The fraction of sp³-hybridized carbons (Fsp3) is 0.130. The predicted molar refractivity (Wildman–Crippen MR) is 209 cm³/mol. The van der Waals surface area contributed by atoms with Crippen molar-refractivity contribution in [3.63, 3.8) is 0 Å². The molecule has 0 aromatic heterocycles. The fourth-order valence-corrected chi connectivity index (χ4v) is 8.09. The largest absolute Gasteiger partial charge is 0.310 e. The van der Waals surface area contributed by atoms with Crippen molar-refractivity contribution in [1.82, 2.24) is 0 Å². The number of nitrogens with zero attached hydrogens (tertiary/aromatic N) is 1. The standard InChI is InChI=1S/C46H41NS/c1-7-14-36(15-8-2)47(43-20-13-18-34-17-10-11-19-38(34)43)37-25-22-33(23-26-37)35-24-27-39-40-30-45(48-44-21-12-9-16-31(44)3)32(4)28-41(40)46(5,6)42(39)29-35/h7-30H,1H2,2-6H3/b15-8-,36-14+. The lowest BCUT2D eigenvalue weighted by molar-refractivity contribution is 0.659. The molecule has 1 nitrogen and oxygen atoms in total. The van der Waals surface area contributed by atoms with Crippen molar-refractivity contribution < 1.29 is 0 Å². The Morgan fingerprint density at radius 3 is 2.17 bits per heavy atom. The van der Waals surface area contributed by atoms with E-state index in [9.17, 15) is 0 Å². The first-order chi connectivity index (χ1) is 23.3. The molecule has 6 aromatic rings. The van der Waals surface area contributed by atoms with Crippen LogP contribution < -0.4 is 4.90 Å². The highest BCUT2D eigenvalue weighted by molar-refractivity contribution is 7.99. The van der Waals surface area contributed by atoms with E-state index in [1.807, 2.05) is 17.8 Å². The van der Waals surface area contributed by atoms with Crippen molar-refractivity contribution in [2.45, 2.75) is 49.8 Å². The van der Waals surface area contributed by atoms with E-state index in [-0.39, 0.29) is 5.41 Å². The summed E-state index contributed by atoms with van der Waals surface area (Å²) in [6, 6.07) is 44.6. The summed E-state index contributed by atoms with van der Waals surface area (Å²) in [5.41, 5.74) is 13.8. The van der Waals surface area contributed by atoms with Crippen molar-refractivity contribution >= 4 is 33.9 Å². The van der Waals surface area contributed by atoms with Gasteiger partial charge in [-0.1, -0.05) is 129 Å². The first-order valence-corrected chi connectivity index (χ1v) is 17.5. The van der Waals surface area contributed by atoms with Crippen LogP contribution in [0.1, 0.15) is 43.0 Å². The third-order valence-corrected chi connectivity index (χ3v) is 11.0. The number of hydrogen-bond donors (Lipinski definition) is 0. The lowest BCUT2D eigenvalue weighted by atomic mass is 9.81. The Kier molecular flexibility index (Phi) is 8.45. The molecule has 0 atom stereocenters. The van der Waals surface area contributed by atoms with Gasteiger partial charge in [-0.25, -0.2) is 0 Å². The van der Waals surface area contributed by atoms with Gasteiger partial charge in [-0.05, 0) is 119 Å². The monoisotopic (exact) mass is 639 g/mol. The molecule has 0 amide bonds. The normalized spacial score (nSPS) is 13.5. The summed E-state index contributed by atoms with van der Waals surface area (Å²) in [6.45, 7) is 15.3. The van der Waals surface area contributed by atoms with Gasteiger partial charge >= 0.3 is 0 Å². The van der Waals surface area contributed by atoms with Crippen LogP contribution in [0.4, 0.5) is 11.4 Å². The zero-order valence-electron chi connectivity index (χ0n) is 28.4. The molecular formula is C46H41NS. The van der Waals surface area contributed by atoms with Crippen LogP contribution >= 0.6 is 11.8 Å². The van der Waals surface area contributed by atoms with Gasteiger partial charge in [0, 0.05) is 32.0 Å². The molecule has 0 radical (unpaired) electrons. The lowest BCUT2D eigenvalue weighted by Gasteiger charge is -2.28. The average Bonchev–Trinajstić information content (AvgIpc) is 3.31. The zero-order valence-corrected chi connectivity index (χ0v) is 29.2. The van der Waals surface area contributed by atoms with E-state index < -0.39 is 0 Å². The lowest BCUT2D eigenvalue weighted by Crippen LogP contribution is -2.15. The highest BCUT2D eigenvalue weighted by Gasteiger charge is 2.36. The molecule has 0 fully saturated rings. The van der Waals surface area contributed by atoms with E-state index in [4.69, 9.17) is 0 Å². The van der Waals surface area contributed by atoms with Gasteiger partial charge in [-0.2, -0.15) is 0 Å². The van der Waals surface area contributed by atoms with Gasteiger partial charge < -0.3 is 4.90 Å². The van der Waals surface area contributed by atoms with Crippen LogP contribution in [0.3, 0.4) is 0 Å². The Bertz CT molecular complexity index is 2230. The predicted octanol–water partition coefficient (Wildman–Crippen LogP) is 13.4. The summed E-state index contributed by atoms with van der Waals surface area (Å²) >= 11 is 1.87. The summed E-state index contributed by atoms with van der Waals surface area (Å²) in [5.74, 6) is 0. The summed E-state index contributed by atoms with van der Waals surface area (Å²) in [5, 5.41) is 2.42. The zero-order chi connectivity index (χ0) is 33.4. The van der Waals surface area contributed by atoms with E-state index in [0.29, 0.717) is 0 Å². The Morgan fingerprint density at radius 2 is 1.40 bits per heavy atom. The third kappa shape index (κ3) is 5.61. The van der Waals surface area contributed by atoms with Gasteiger partial charge in [0.25, 0.3) is 0 Å². The van der Waals surface area contributed by atoms with Crippen LogP contribution in [0, 0.1) is 13.8 Å². The smallest absolute Gasteiger partial charge is 0.0540 e. The fourth-order valence-electron chi connectivity index (χ4n) is 7.08. The van der Waals surface area contributed by atoms with Crippen LogP contribution in [0.15, 0.2) is 168 Å². The summed E-state index contributed by atoms with van der Waals surface area (Å²) < 4.78 is 0. The van der Waals surface area contributed by atoms with Gasteiger partial charge in [0.05, 0.1) is 5.69 Å². The average molecular weight is 640 g/mol. The van der Waals surface area contributed by atoms with Crippen molar-refractivity contribution in [3.8, 4) is 22.3 Å². The van der Waals surface area contributed by atoms with Gasteiger partial charge in [0.2, 0.25) is 0 Å². The number of allylic oxidation sites excluding steroid dienone is 4. The van der Waals surface area contributed by atoms with Crippen LogP contribution in [0.2, 0.25) is 0 Å². The number of anilines is 2. The SMILES string of the molecule is C=C/C=C(\C=C/C)N(c1ccc(-c2ccc3c(c2)C(C)(C)c2cc(C)c(Sc4ccccc4C)cc2-3)cc1)c1cccc2ccccc12. The summed E-state index contributed by atoms with van der Waals surface area (Å²) in [4.78, 5) is 4.96. The summed E-state index contributed by atoms with van der Waals surface area (Å²) in [7, 11) is 0. The molecule has 0 bridgehead atoms. The molecule has 0 saturated carbocycles. The second-order valence-electron chi connectivity index (χ2n) is 13.1. The maximum Gasteiger partial charge on any atom is 0.0540 e.